The van der Waals surface area contributed by atoms with Crippen LogP contribution in [0.2, 0.25) is 0 Å². The lowest BCUT2D eigenvalue weighted by Gasteiger charge is -2.24. The Morgan fingerprint density at radius 2 is 1.82 bits per heavy atom. The van der Waals surface area contributed by atoms with Gasteiger partial charge in [0.2, 0.25) is 0 Å². The zero-order valence-corrected chi connectivity index (χ0v) is 17.9. The van der Waals surface area contributed by atoms with E-state index in [1.54, 1.807) is 60.8 Å². The monoisotopic (exact) mass is 441 g/mol. The molecule has 1 aliphatic rings. The summed E-state index contributed by atoms with van der Waals surface area (Å²) in [6.45, 7) is 0. The summed E-state index contributed by atoms with van der Waals surface area (Å²) in [5, 5.41) is 20.4. The van der Waals surface area contributed by atoms with Crippen LogP contribution in [0.4, 0.5) is 5.69 Å². The molecule has 0 bridgehead atoms. The van der Waals surface area contributed by atoms with Crippen molar-refractivity contribution < 1.29 is 24.2 Å². The first-order valence-electron chi connectivity index (χ1n) is 9.94. The number of benzene rings is 2. The van der Waals surface area contributed by atoms with Gasteiger partial charge in [-0.05, 0) is 54.6 Å². The number of Topliss-reactive ketones (excluding diaryl/α,β-unsaturated/α-hetero) is 1. The number of aliphatic hydroxyl groups is 1. The summed E-state index contributed by atoms with van der Waals surface area (Å²) in [7, 11) is 2.91. The number of rotatable bonds is 5. The predicted octanol–water partition coefficient (Wildman–Crippen LogP) is 3.60. The maximum Gasteiger partial charge on any atom is 0.300 e. The lowest BCUT2D eigenvalue weighted by Crippen LogP contribution is -2.29. The molecule has 0 radical (unpaired) electrons. The number of nitriles is 1. The smallest absolute Gasteiger partial charge is 0.300 e. The summed E-state index contributed by atoms with van der Waals surface area (Å²) >= 11 is 0. The summed E-state index contributed by atoms with van der Waals surface area (Å²) in [5.41, 5.74) is 1.27. The third-order valence-corrected chi connectivity index (χ3v) is 5.35. The van der Waals surface area contributed by atoms with Crippen molar-refractivity contribution >= 4 is 23.1 Å². The van der Waals surface area contributed by atoms with Gasteiger partial charge >= 0.3 is 0 Å². The van der Waals surface area contributed by atoms with Crippen LogP contribution in [0.15, 0.2) is 72.4 Å². The molecule has 164 valence electrons. The van der Waals surface area contributed by atoms with Gasteiger partial charge in [-0.2, -0.15) is 5.26 Å². The minimum absolute atomic E-state index is 0.130. The van der Waals surface area contributed by atoms with Gasteiger partial charge in [0.25, 0.3) is 11.7 Å². The average molecular weight is 441 g/mol. The molecule has 0 spiro atoms. The van der Waals surface area contributed by atoms with E-state index in [0.29, 0.717) is 28.4 Å². The van der Waals surface area contributed by atoms with Gasteiger partial charge in [0.1, 0.15) is 23.3 Å². The van der Waals surface area contributed by atoms with E-state index in [1.807, 2.05) is 6.07 Å². The third-order valence-electron chi connectivity index (χ3n) is 5.35. The average Bonchev–Trinajstić information content (AvgIpc) is 3.14. The van der Waals surface area contributed by atoms with Crippen LogP contribution < -0.4 is 14.4 Å². The molecule has 1 fully saturated rings. The molecule has 2 aromatic carbocycles. The van der Waals surface area contributed by atoms with Gasteiger partial charge in [-0.15, -0.1) is 0 Å². The van der Waals surface area contributed by atoms with Gasteiger partial charge in [-0.25, -0.2) is 0 Å². The van der Waals surface area contributed by atoms with Crippen LogP contribution in [0.1, 0.15) is 22.9 Å². The number of aromatic nitrogens is 1. The van der Waals surface area contributed by atoms with E-state index in [2.05, 4.69) is 4.98 Å². The minimum Gasteiger partial charge on any atom is -0.507 e. The normalized spacial score (nSPS) is 17.0. The number of anilines is 1. The fourth-order valence-corrected chi connectivity index (χ4v) is 3.76. The standard InChI is InChI=1S/C25H19N3O5/c1-32-17-10-11-20(33-2)18(13-17)23(29)21-22(19-5-3-4-12-27-19)28(25(31)24(21)30)16-8-6-15(14-26)7-9-16/h3-13,22,29H,1-2H3/b23-21+. The van der Waals surface area contributed by atoms with E-state index in [9.17, 15) is 14.7 Å². The van der Waals surface area contributed by atoms with Gasteiger partial charge in [-0.1, -0.05) is 6.07 Å². The zero-order valence-electron chi connectivity index (χ0n) is 17.9. The Kier molecular flexibility index (Phi) is 5.79. The molecular formula is C25H19N3O5. The quantitative estimate of drug-likeness (QED) is 0.366. The Labute approximate surface area is 189 Å². The lowest BCUT2D eigenvalue weighted by atomic mass is 9.97. The molecule has 2 heterocycles. The molecular weight excluding hydrogens is 422 g/mol. The minimum atomic E-state index is -0.991. The topological polar surface area (TPSA) is 113 Å². The highest BCUT2D eigenvalue weighted by molar-refractivity contribution is 6.51. The molecule has 1 amide bonds. The van der Waals surface area contributed by atoms with Crippen molar-refractivity contribution in [1.29, 1.82) is 5.26 Å². The third kappa shape index (κ3) is 3.77. The number of ketones is 1. The van der Waals surface area contributed by atoms with E-state index < -0.39 is 23.5 Å². The molecule has 1 aliphatic heterocycles. The molecule has 8 nitrogen and oxygen atoms in total. The molecule has 1 N–H and O–H groups in total. The summed E-state index contributed by atoms with van der Waals surface area (Å²) in [6, 6.07) is 17.2. The van der Waals surface area contributed by atoms with Gasteiger partial charge in [0.15, 0.2) is 0 Å². The van der Waals surface area contributed by atoms with Crippen molar-refractivity contribution in [1.82, 2.24) is 4.98 Å². The molecule has 4 rings (SSSR count). The number of nitrogens with zero attached hydrogens (tertiary/aromatic N) is 3. The van der Waals surface area contributed by atoms with Crippen LogP contribution in [0, 0.1) is 11.3 Å². The molecule has 0 aliphatic carbocycles. The zero-order chi connectivity index (χ0) is 23.5. The maximum absolute atomic E-state index is 13.2. The first-order valence-corrected chi connectivity index (χ1v) is 9.94. The number of hydrogen-bond acceptors (Lipinski definition) is 7. The summed E-state index contributed by atoms with van der Waals surface area (Å²) in [6.07, 6.45) is 1.54. The molecule has 33 heavy (non-hydrogen) atoms. The number of carbonyl (C=O) groups is 2. The van der Waals surface area contributed by atoms with Crippen LogP contribution in [-0.2, 0) is 9.59 Å². The number of pyridine rings is 1. The van der Waals surface area contributed by atoms with Crippen molar-refractivity contribution in [3.63, 3.8) is 0 Å². The Bertz CT molecular complexity index is 1290. The van der Waals surface area contributed by atoms with E-state index >= 15 is 0 Å². The van der Waals surface area contributed by atoms with E-state index in [1.165, 1.54) is 25.2 Å². The number of methoxy groups -OCH3 is 2. The number of carbonyl (C=O) groups excluding carboxylic acids is 2. The maximum atomic E-state index is 13.2. The molecule has 1 aromatic heterocycles. The highest BCUT2D eigenvalue weighted by atomic mass is 16.5. The van der Waals surface area contributed by atoms with Crippen LogP contribution in [0.5, 0.6) is 11.5 Å². The van der Waals surface area contributed by atoms with E-state index in [-0.39, 0.29) is 11.1 Å². The summed E-state index contributed by atoms with van der Waals surface area (Å²) in [4.78, 5) is 32.0. The first-order chi connectivity index (χ1) is 16.0. The van der Waals surface area contributed by atoms with Crippen LogP contribution >= 0.6 is 0 Å². The number of amides is 1. The highest BCUT2D eigenvalue weighted by Gasteiger charge is 2.47. The van der Waals surface area contributed by atoms with Crippen molar-refractivity contribution in [2.75, 3.05) is 19.1 Å². The predicted molar refractivity (Wildman–Crippen MR) is 120 cm³/mol. The molecule has 3 aromatic rings. The van der Waals surface area contributed by atoms with E-state index in [4.69, 9.17) is 14.7 Å². The van der Waals surface area contributed by atoms with Gasteiger partial charge in [0, 0.05) is 11.9 Å². The van der Waals surface area contributed by atoms with Crippen LogP contribution in [-0.4, -0.2) is 36.0 Å². The fraction of sp³-hybridized carbons (Fsp3) is 0.120. The van der Waals surface area contributed by atoms with Gasteiger partial charge in [0.05, 0.1) is 42.7 Å². The number of hydrogen-bond donors (Lipinski definition) is 1. The Hall–Kier alpha value is -4.64. The van der Waals surface area contributed by atoms with Gasteiger partial charge in [-0.3, -0.25) is 19.5 Å². The second-order valence-electron chi connectivity index (χ2n) is 7.15. The number of ether oxygens (including phenoxy) is 2. The molecule has 1 saturated heterocycles. The lowest BCUT2D eigenvalue weighted by molar-refractivity contribution is -0.132. The van der Waals surface area contributed by atoms with E-state index in [0.717, 1.165) is 0 Å². The summed E-state index contributed by atoms with van der Waals surface area (Å²) < 4.78 is 10.6. The van der Waals surface area contributed by atoms with Crippen molar-refractivity contribution in [2.24, 2.45) is 0 Å². The first kappa shape index (κ1) is 21.6. The summed E-state index contributed by atoms with van der Waals surface area (Å²) in [5.74, 6) is -1.35. The highest BCUT2D eigenvalue weighted by Crippen LogP contribution is 2.43. The molecule has 0 saturated carbocycles. The van der Waals surface area contributed by atoms with Crippen molar-refractivity contribution in [3.8, 4) is 17.6 Å². The molecule has 1 unspecified atom stereocenters. The Morgan fingerprint density at radius 3 is 2.42 bits per heavy atom. The number of aliphatic hydroxyl groups excluding tert-OH is 1. The second kappa shape index (κ2) is 8.85. The largest absolute Gasteiger partial charge is 0.507 e. The van der Waals surface area contributed by atoms with Crippen LogP contribution in [0.25, 0.3) is 5.76 Å². The van der Waals surface area contributed by atoms with Crippen molar-refractivity contribution in [2.45, 2.75) is 6.04 Å². The Balaban J connectivity index is 1.96. The fourth-order valence-electron chi connectivity index (χ4n) is 3.76. The van der Waals surface area contributed by atoms with Gasteiger partial charge < -0.3 is 14.6 Å². The van der Waals surface area contributed by atoms with Crippen LogP contribution in [0.3, 0.4) is 0 Å². The SMILES string of the molecule is COc1ccc(OC)c(/C(O)=C2\C(=O)C(=O)N(c3ccc(C#N)cc3)C2c2ccccn2)c1. The molecule has 1 atom stereocenters. The second-order valence-corrected chi connectivity index (χ2v) is 7.15. The Morgan fingerprint density at radius 1 is 1.06 bits per heavy atom. The van der Waals surface area contributed by atoms with Crippen molar-refractivity contribution in [3.05, 3.63) is 89.3 Å². The molecule has 8 heteroatoms.